The van der Waals surface area contributed by atoms with E-state index in [2.05, 4.69) is 22.2 Å². The second-order valence-electron chi connectivity index (χ2n) is 8.52. The number of nitrogens with one attached hydrogen (secondary N) is 2. The fourth-order valence-corrected chi connectivity index (χ4v) is 4.42. The minimum absolute atomic E-state index is 0.0850. The highest BCUT2D eigenvalue weighted by Gasteiger charge is 2.52. The molecule has 1 aliphatic heterocycles. The topological polar surface area (TPSA) is 115 Å². The molecule has 31 heavy (non-hydrogen) atoms. The van der Waals surface area contributed by atoms with E-state index >= 15 is 0 Å². The number of benzene rings is 1. The lowest BCUT2D eigenvalue weighted by Crippen LogP contribution is -2.50. The standard InChI is InChI=1S/C22H27N5O4/c1-3-26(12-17-23-16-7-5-4-6-15(16)19(29)24-17)18(28)13-27-20(30)22(25-21(27)31)10-8-14(2)9-11-22/h4-7,14H,3,8-13H2,1-2H3,(H,25,31)(H,23,24,29). The van der Waals surface area contributed by atoms with E-state index in [4.69, 9.17) is 0 Å². The summed E-state index contributed by atoms with van der Waals surface area (Å²) < 4.78 is 0. The van der Waals surface area contributed by atoms with E-state index in [1.807, 2.05) is 0 Å². The Labute approximate surface area is 179 Å². The molecule has 0 radical (unpaired) electrons. The van der Waals surface area contributed by atoms with Crippen LogP contribution in [0.25, 0.3) is 10.9 Å². The summed E-state index contributed by atoms with van der Waals surface area (Å²) in [5.41, 5.74) is -0.592. The number of H-pyrrole nitrogens is 1. The van der Waals surface area contributed by atoms with Crippen LogP contribution in [0, 0.1) is 5.92 Å². The first-order valence-electron chi connectivity index (χ1n) is 10.7. The third-order valence-corrected chi connectivity index (χ3v) is 6.40. The molecular weight excluding hydrogens is 398 g/mol. The number of aromatic amines is 1. The first-order chi connectivity index (χ1) is 14.8. The summed E-state index contributed by atoms with van der Waals surface area (Å²) in [6, 6.07) is 6.47. The Morgan fingerprint density at radius 3 is 2.65 bits per heavy atom. The van der Waals surface area contributed by atoms with Gasteiger partial charge in [-0.3, -0.25) is 19.3 Å². The number of imide groups is 1. The number of aromatic nitrogens is 2. The molecule has 1 saturated carbocycles. The maximum absolute atomic E-state index is 13.0. The largest absolute Gasteiger partial charge is 0.334 e. The van der Waals surface area contributed by atoms with Crippen molar-refractivity contribution in [3.63, 3.8) is 0 Å². The molecule has 9 heteroatoms. The Bertz CT molecular complexity index is 1090. The van der Waals surface area contributed by atoms with Crippen LogP contribution >= 0.6 is 0 Å². The number of amides is 4. The summed E-state index contributed by atoms with van der Waals surface area (Å²) in [7, 11) is 0. The predicted octanol–water partition coefficient (Wildman–Crippen LogP) is 1.77. The molecule has 2 heterocycles. The average Bonchev–Trinajstić information content (AvgIpc) is 2.98. The molecule has 2 aromatic rings. The van der Waals surface area contributed by atoms with Gasteiger partial charge >= 0.3 is 6.03 Å². The number of likely N-dealkylation sites (N-methyl/N-ethyl adjacent to an activating group) is 1. The predicted molar refractivity (Wildman–Crippen MR) is 114 cm³/mol. The van der Waals surface area contributed by atoms with Crippen LogP contribution in [0.5, 0.6) is 0 Å². The van der Waals surface area contributed by atoms with Crippen LogP contribution in [0.1, 0.15) is 45.4 Å². The zero-order chi connectivity index (χ0) is 22.2. The van der Waals surface area contributed by atoms with Gasteiger partial charge in [-0.05, 0) is 50.7 Å². The van der Waals surface area contributed by atoms with Crippen LogP contribution in [-0.4, -0.2) is 56.2 Å². The zero-order valence-electron chi connectivity index (χ0n) is 17.8. The Morgan fingerprint density at radius 1 is 1.23 bits per heavy atom. The van der Waals surface area contributed by atoms with Crippen LogP contribution < -0.4 is 10.9 Å². The number of hydrogen-bond acceptors (Lipinski definition) is 5. The molecule has 4 amide bonds. The fourth-order valence-electron chi connectivity index (χ4n) is 4.42. The molecule has 9 nitrogen and oxygen atoms in total. The van der Waals surface area contributed by atoms with Gasteiger partial charge < -0.3 is 15.2 Å². The molecule has 1 spiro atoms. The number of carbonyl (C=O) groups is 3. The van der Waals surface area contributed by atoms with Crippen molar-refractivity contribution in [1.29, 1.82) is 0 Å². The maximum Gasteiger partial charge on any atom is 0.325 e. The molecule has 1 aromatic carbocycles. The smallest absolute Gasteiger partial charge is 0.325 e. The normalized spacial score (nSPS) is 23.4. The Hall–Kier alpha value is -3.23. The first-order valence-corrected chi connectivity index (χ1v) is 10.7. The van der Waals surface area contributed by atoms with E-state index in [0.29, 0.717) is 42.0 Å². The van der Waals surface area contributed by atoms with Crippen LogP contribution in [0.3, 0.4) is 0 Å². The van der Waals surface area contributed by atoms with E-state index in [0.717, 1.165) is 17.7 Å². The molecule has 1 aromatic heterocycles. The van der Waals surface area contributed by atoms with Crippen molar-refractivity contribution in [2.45, 2.75) is 51.6 Å². The van der Waals surface area contributed by atoms with Gasteiger partial charge in [0, 0.05) is 6.54 Å². The number of urea groups is 1. The highest BCUT2D eigenvalue weighted by Crippen LogP contribution is 2.36. The molecule has 1 saturated heterocycles. The number of rotatable bonds is 5. The minimum atomic E-state index is -0.869. The quantitative estimate of drug-likeness (QED) is 0.709. The Balaban J connectivity index is 1.48. The zero-order valence-corrected chi connectivity index (χ0v) is 17.8. The lowest BCUT2D eigenvalue weighted by atomic mass is 9.77. The highest BCUT2D eigenvalue weighted by molar-refractivity contribution is 6.09. The van der Waals surface area contributed by atoms with Gasteiger partial charge in [-0.15, -0.1) is 0 Å². The molecule has 4 rings (SSSR count). The van der Waals surface area contributed by atoms with Gasteiger partial charge in [0.05, 0.1) is 17.4 Å². The van der Waals surface area contributed by atoms with Gasteiger partial charge in [-0.25, -0.2) is 9.78 Å². The molecular formula is C22H27N5O4. The van der Waals surface area contributed by atoms with Crippen molar-refractivity contribution in [1.82, 2.24) is 25.1 Å². The number of para-hydroxylation sites is 1. The van der Waals surface area contributed by atoms with E-state index in [-0.39, 0.29) is 30.5 Å². The highest BCUT2D eigenvalue weighted by atomic mass is 16.2. The third kappa shape index (κ3) is 3.92. The summed E-state index contributed by atoms with van der Waals surface area (Å²) in [5, 5.41) is 3.31. The van der Waals surface area contributed by atoms with Crippen molar-refractivity contribution in [3.8, 4) is 0 Å². The monoisotopic (exact) mass is 425 g/mol. The van der Waals surface area contributed by atoms with Crippen LogP contribution in [0.4, 0.5) is 4.79 Å². The number of nitrogens with zero attached hydrogens (tertiary/aromatic N) is 3. The van der Waals surface area contributed by atoms with Gasteiger partial charge in [0.15, 0.2) is 0 Å². The molecule has 0 unspecified atom stereocenters. The van der Waals surface area contributed by atoms with Crippen LogP contribution in [0.15, 0.2) is 29.1 Å². The van der Waals surface area contributed by atoms with E-state index in [1.165, 1.54) is 4.90 Å². The molecule has 0 atom stereocenters. The number of hydrogen-bond donors (Lipinski definition) is 2. The van der Waals surface area contributed by atoms with Gasteiger partial charge in [0.2, 0.25) is 5.91 Å². The molecule has 1 aliphatic carbocycles. The van der Waals surface area contributed by atoms with Gasteiger partial charge in [-0.1, -0.05) is 19.1 Å². The molecule has 2 N–H and O–H groups in total. The van der Waals surface area contributed by atoms with E-state index in [1.54, 1.807) is 31.2 Å². The number of fused-ring (bicyclic) bond motifs is 1. The average molecular weight is 425 g/mol. The van der Waals surface area contributed by atoms with Crippen molar-refractivity contribution >= 4 is 28.7 Å². The second-order valence-corrected chi connectivity index (χ2v) is 8.52. The lowest BCUT2D eigenvalue weighted by molar-refractivity contribution is -0.140. The minimum Gasteiger partial charge on any atom is -0.334 e. The fraction of sp³-hybridized carbons (Fsp3) is 0.500. The molecule has 164 valence electrons. The SMILES string of the molecule is CCN(Cc1nc2ccccc2c(=O)[nH]1)C(=O)CN1C(=O)NC2(CCC(C)CC2)C1=O. The van der Waals surface area contributed by atoms with Crippen molar-refractivity contribution in [2.24, 2.45) is 5.92 Å². The van der Waals surface area contributed by atoms with Crippen molar-refractivity contribution in [2.75, 3.05) is 13.1 Å². The van der Waals surface area contributed by atoms with Crippen molar-refractivity contribution in [3.05, 3.63) is 40.4 Å². The van der Waals surface area contributed by atoms with Crippen molar-refractivity contribution < 1.29 is 14.4 Å². The van der Waals surface area contributed by atoms with Gasteiger partial charge in [0.1, 0.15) is 17.9 Å². The summed E-state index contributed by atoms with van der Waals surface area (Å²) in [6.45, 7) is 4.05. The maximum atomic E-state index is 13.0. The van der Waals surface area contributed by atoms with Gasteiger partial charge in [0.25, 0.3) is 11.5 Å². The van der Waals surface area contributed by atoms with Crippen LogP contribution in [0.2, 0.25) is 0 Å². The Morgan fingerprint density at radius 2 is 1.94 bits per heavy atom. The first kappa shape index (κ1) is 21.0. The van der Waals surface area contributed by atoms with Gasteiger partial charge in [-0.2, -0.15) is 0 Å². The summed E-state index contributed by atoms with van der Waals surface area (Å²) in [5.74, 6) is 0.195. The number of carbonyl (C=O) groups excluding carboxylic acids is 3. The van der Waals surface area contributed by atoms with E-state index in [9.17, 15) is 19.2 Å². The van der Waals surface area contributed by atoms with E-state index < -0.39 is 11.6 Å². The summed E-state index contributed by atoms with van der Waals surface area (Å²) in [4.78, 5) is 60.4. The third-order valence-electron chi connectivity index (χ3n) is 6.40. The van der Waals surface area contributed by atoms with Crippen LogP contribution in [-0.2, 0) is 16.1 Å². The molecule has 2 aliphatic rings. The lowest BCUT2D eigenvalue weighted by Gasteiger charge is -2.33. The molecule has 2 fully saturated rings. The Kier molecular flexibility index (Phi) is 5.51. The summed E-state index contributed by atoms with van der Waals surface area (Å²) in [6.07, 6.45) is 2.94. The molecule has 0 bridgehead atoms. The summed E-state index contributed by atoms with van der Waals surface area (Å²) >= 11 is 0. The second kappa shape index (κ2) is 8.13.